The van der Waals surface area contributed by atoms with Crippen LogP contribution in [0.2, 0.25) is 0 Å². The first kappa shape index (κ1) is 17.2. The molecule has 6 nitrogen and oxygen atoms in total. The molecule has 0 atom stereocenters. The molecule has 90 valence electrons. The maximum absolute atomic E-state index is 8.88. The van der Waals surface area contributed by atoms with Gasteiger partial charge in [0.25, 0.3) is 0 Å². The molecule has 0 amide bonds. The Morgan fingerprint density at radius 3 is 1.81 bits per heavy atom. The molecule has 0 unspecified atom stereocenters. The molecule has 0 aliphatic carbocycles. The molecule has 1 rings (SSSR count). The summed E-state index contributed by atoms with van der Waals surface area (Å²) in [4.78, 5) is 21.6. The number of aryl methyl sites for hydroxylation is 1. The summed E-state index contributed by atoms with van der Waals surface area (Å²) >= 11 is 0. The lowest BCUT2D eigenvalue weighted by Crippen LogP contribution is -1.78. The number of rotatable bonds is 2. The third-order valence-electron chi connectivity index (χ3n) is 1.38. The molecule has 0 aliphatic rings. The first-order valence-electron chi connectivity index (χ1n) is 4.45. The first-order chi connectivity index (χ1) is 7.43. The van der Waals surface area contributed by atoms with Gasteiger partial charge >= 0.3 is 7.82 Å². The van der Waals surface area contributed by atoms with Gasteiger partial charge in [0.2, 0.25) is 0 Å². The Balaban J connectivity index is 0. The van der Waals surface area contributed by atoms with Gasteiger partial charge in [-0.1, -0.05) is 43.7 Å². The lowest BCUT2D eigenvalue weighted by atomic mass is 10.1. The minimum absolute atomic E-state index is 1.21. The van der Waals surface area contributed by atoms with Crippen molar-refractivity contribution in [1.29, 1.82) is 10.8 Å². The van der Waals surface area contributed by atoms with E-state index >= 15 is 0 Å². The van der Waals surface area contributed by atoms with Gasteiger partial charge in [-0.3, -0.25) is 0 Å². The van der Waals surface area contributed by atoms with Gasteiger partial charge < -0.3 is 14.7 Å². The smallest absolute Gasteiger partial charge is 0.303 e. The highest BCUT2D eigenvalue weighted by atomic mass is 31.2. The monoisotopic (exact) mass is 246 g/mol. The normalized spacial score (nSPS) is 9.12. The average molecular weight is 246 g/mol. The average Bonchev–Trinajstić information content (AvgIpc) is 2.20. The number of hydrogen-bond donors (Lipinski definition) is 3. The van der Waals surface area contributed by atoms with Gasteiger partial charge in [0.1, 0.15) is 0 Å². The molecule has 3 N–H and O–H groups in total. The van der Waals surface area contributed by atoms with Crippen LogP contribution in [-0.2, 0) is 11.0 Å². The number of phosphoric acid groups is 1. The fourth-order valence-electron chi connectivity index (χ4n) is 0.933. The van der Waals surface area contributed by atoms with E-state index < -0.39 is 7.82 Å². The summed E-state index contributed by atoms with van der Waals surface area (Å²) in [6.45, 7) is 2.20. The molecule has 0 bridgehead atoms. The Kier molecular flexibility index (Phi) is 11.0. The van der Waals surface area contributed by atoms with Gasteiger partial charge in [0, 0.05) is 10.8 Å². The Morgan fingerprint density at radius 2 is 1.50 bits per heavy atom. The second-order valence-electron chi connectivity index (χ2n) is 2.75. The van der Waals surface area contributed by atoms with E-state index in [-0.39, 0.29) is 0 Å². The summed E-state index contributed by atoms with van der Waals surface area (Å²) in [6.07, 6.45) is 2.45. The zero-order chi connectivity index (χ0) is 13.0. The van der Waals surface area contributed by atoms with Crippen molar-refractivity contribution in [2.24, 2.45) is 0 Å². The SMILES string of the molecule is CCCc1ccccc1.N#N.O=P(O)(O)O. The fourth-order valence-corrected chi connectivity index (χ4v) is 0.933. The van der Waals surface area contributed by atoms with Crippen LogP contribution in [-0.4, -0.2) is 14.7 Å². The molecule has 0 fully saturated rings. The van der Waals surface area contributed by atoms with Gasteiger partial charge in [0.05, 0.1) is 0 Å². The molecule has 0 saturated carbocycles. The van der Waals surface area contributed by atoms with Crippen LogP contribution < -0.4 is 0 Å². The van der Waals surface area contributed by atoms with E-state index in [0.717, 1.165) is 0 Å². The van der Waals surface area contributed by atoms with Crippen LogP contribution in [0.25, 0.3) is 0 Å². The highest BCUT2D eigenvalue weighted by molar-refractivity contribution is 7.45. The Hall–Kier alpha value is -1.25. The van der Waals surface area contributed by atoms with Crippen LogP contribution >= 0.6 is 7.82 Å². The maximum Gasteiger partial charge on any atom is 0.466 e. The van der Waals surface area contributed by atoms with Crippen LogP contribution in [0, 0.1) is 10.8 Å². The van der Waals surface area contributed by atoms with Crippen LogP contribution in [0.15, 0.2) is 30.3 Å². The first-order valence-corrected chi connectivity index (χ1v) is 6.02. The number of benzene rings is 1. The van der Waals surface area contributed by atoms with E-state index in [1.54, 1.807) is 0 Å². The van der Waals surface area contributed by atoms with Crippen molar-refractivity contribution in [3.05, 3.63) is 35.9 Å². The zero-order valence-corrected chi connectivity index (χ0v) is 9.79. The predicted octanol–water partition coefficient (Wildman–Crippen LogP) is 1.74. The highest BCUT2D eigenvalue weighted by Gasteiger charge is 2.00. The second kappa shape index (κ2) is 10.3. The molecule has 0 aromatic heterocycles. The lowest BCUT2D eigenvalue weighted by molar-refractivity contribution is 0.275. The minimum atomic E-state index is -4.64. The molecule has 16 heavy (non-hydrogen) atoms. The van der Waals surface area contributed by atoms with Crippen LogP contribution in [0.1, 0.15) is 18.9 Å². The summed E-state index contributed by atoms with van der Waals surface area (Å²) in [5, 5.41) is 12.0. The van der Waals surface area contributed by atoms with Gasteiger partial charge in [-0.05, 0) is 12.0 Å². The van der Waals surface area contributed by atoms with E-state index in [1.807, 2.05) is 0 Å². The topological polar surface area (TPSA) is 125 Å². The van der Waals surface area contributed by atoms with Gasteiger partial charge in [-0.2, -0.15) is 0 Å². The molecular formula is C9H15N2O4P. The van der Waals surface area contributed by atoms with Crippen molar-refractivity contribution in [2.75, 3.05) is 0 Å². The molecule has 0 saturated heterocycles. The van der Waals surface area contributed by atoms with Crippen molar-refractivity contribution < 1.29 is 19.2 Å². The van der Waals surface area contributed by atoms with Crippen molar-refractivity contribution in [3.8, 4) is 0 Å². The van der Waals surface area contributed by atoms with Gasteiger partial charge in [-0.15, -0.1) is 0 Å². The summed E-state index contributed by atoms with van der Waals surface area (Å²) in [6, 6.07) is 10.6. The lowest BCUT2D eigenvalue weighted by Gasteiger charge is -1.93. The van der Waals surface area contributed by atoms with E-state index in [0.29, 0.717) is 0 Å². The number of nitrogens with zero attached hydrogens (tertiary/aromatic N) is 2. The van der Waals surface area contributed by atoms with Gasteiger partial charge in [0.15, 0.2) is 0 Å². The van der Waals surface area contributed by atoms with Crippen molar-refractivity contribution in [3.63, 3.8) is 0 Å². The fraction of sp³-hybridized carbons (Fsp3) is 0.333. The van der Waals surface area contributed by atoms with E-state index in [1.165, 1.54) is 18.4 Å². The predicted molar refractivity (Wildman–Crippen MR) is 58.1 cm³/mol. The molecule has 0 radical (unpaired) electrons. The van der Waals surface area contributed by atoms with Gasteiger partial charge in [-0.25, -0.2) is 4.57 Å². The molecule has 0 aliphatic heterocycles. The molecule has 1 aromatic carbocycles. The van der Waals surface area contributed by atoms with Crippen molar-refractivity contribution >= 4 is 7.82 Å². The maximum atomic E-state index is 8.88. The van der Waals surface area contributed by atoms with E-state index in [9.17, 15) is 0 Å². The third-order valence-corrected chi connectivity index (χ3v) is 1.38. The van der Waals surface area contributed by atoms with E-state index in [2.05, 4.69) is 37.3 Å². The largest absolute Gasteiger partial charge is 0.466 e. The second-order valence-corrected chi connectivity index (χ2v) is 3.78. The van der Waals surface area contributed by atoms with E-state index in [4.69, 9.17) is 30.0 Å². The standard InChI is InChI=1S/C9H12.N2.H3O4P/c1-2-6-9-7-4-3-5-8-9;1-2;1-5(2,3)4/h3-5,7-8H,2,6H2,1H3;;(H3,1,2,3,4). The summed E-state index contributed by atoms with van der Waals surface area (Å²) < 4.78 is 8.88. The van der Waals surface area contributed by atoms with Crippen LogP contribution in [0.3, 0.4) is 0 Å². The zero-order valence-electron chi connectivity index (χ0n) is 8.89. The third kappa shape index (κ3) is 18.5. The van der Waals surface area contributed by atoms with Crippen molar-refractivity contribution in [2.45, 2.75) is 19.8 Å². The Bertz CT molecular complexity index is 315. The Labute approximate surface area is 94.2 Å². The van der Waals surface area contributed by atoms with Crippen LogP contribution in [0.5, 0.6) is 0 Å². The minimum Gasteiger partial charge on any atom is -0.303 e. The quantitative estimate of drug-likeness (QED) is 0.539. The van der Waals surface area contributed by atoms with Crippen molar-refractivity contribution in [1.82, 2.24) is 0 Å². The summed E-state index contributed by atoms with van der Waals surface area (Å²) in [7, 11) is -4.64. The molecule has 0 heterocycles. The highest BCUT2D eigenvalue weighted by Crippen LogP contribution is 2.25. The number of hydrogen-bond acceptors (Lipinski definition) is 3. The summed E-state index contributed by atoms with van der Waals surface area (Å²) in [5.74, 6) is 0. The van der Waals surface area contributed by atoms with Crippen LogP contribution in [0.4, 0.5) is 0 Å². The molecule has 0 spiro atoms. The molecule has 7 heteroatoms. The molecular weight excluding hydrogens is 231 g/mol. The Morgan fingerprint density at radius 1 is 1.12 bits per heavy atom. The molecule has 1 aromatic rings. The summed E-state index contributed by atoms with van der Waals surface area (Å²) in [5.41, 5.74) is 1.44.